The molecule has 0 saturated carbocycles. The van der Waals surface area contributed by atoms with Gasteiger partial charge in [-0.1, -0.05) is 0 Å². The summed E-state index contributed by atoms with van der Waals surface area (Å²) in [6, 6.07) is 2.01. The van der Waals surface area contributed by atoms with Crippen LogP contribution >= 0.6 is 33.9 Å². The van der Waals surface area contributed by atoms with Gasteiger partial charge in [-0.3, -0.25) is 4.79 Å². The van der Waals surface area contributed by atoms with Crippen molar-refractivity contribution in [2.45, 2.75) is 6.92 Å². The van der Waals surface area contributed by atoms with Gasteiger partial charge in [0.2, 0.25) is 0 Å². The summed E-state index contributed by atoms with van der Waals surface area (Å²) >= 11 is 3.55. The molecule has 0 spiro atoms. The predicted molar refractivity (Wildman–Crippen MR) is 65.6 cm³/mol. The number of halogens is 1. The van der Waals surface area contributed by atoms with E-state index in [1.165, 1.54) is 0 Å². The third kappa shape index (κ3) is 1.74. The first kappa shape index (κ1) is 9.85. The smallest absolute Gasteiger partial charge is 0.264 e. The minimum atomic E-state index is -0.0802. The number of hydrogen-bond acceptors (Lipinski definition) is 3. The van der Waals surface area contributed by atoms with Crippen LogP contribution in [0.2, 0.25) is 0 Å². The zero-order valence-corrected chi connectivity index (χ0v) is 10.3. The SMILES string of the molecule is Cc1ccsc1-c1ncc(I)c(=O)[nH]1. The molecule has 5 heteroatoms. The summed E-state index contributed by atoms with van der Waals surface area (Å²) in [7, 11) is 0. The molecular weight excluding hydrogens is 311 g/mol. The van der Waals surface area contributed by atoms with Crippen LogP contribution < -0.4 is 5.56 Å². The van der Waals surface area contributed by atoms with Crippen molar-refractivity contribution in [3.05, 3.63) is 37.1 Å². The van der Waals surface area contributed by atoms with Crippen LogP contribution in [0.25, 0.3) is 10.7 Å². The van der Waals surface area contributed by atoms with Crippen molar-refractivity contribution < 1.29 is 0 Å². The van der Waals surface area contributed by atoms with Gasteiger partial charge in [-0.25, -0.2) is 4.98 Å². The van der Waals surface area contributed by atoms with Crippen molar-refractivity contribution in [1.82, 2.24) is 9.97 Å². The Hall–Kier alpha value is -0.690. The van der Waals surface area contributed by atoms with E-state index in [4.69, 9.17) is 0 Å². The summed E-state index contributed by atoms with van der Waals surface area (Å²) in [5.74, 6) is 0.655. The van der Waals surface area contributed by atoms with Crippen LogP contribution in [0.15, 0.2) is 22.4 Å². The standard InChI is InChI=1S/C9H7IN2OS/c1-5-2-3-14-7(5)8-11-4-6(10)9(13)12-8/h2-4H,1H3,(H,11,12,13). The summed E-state index contributed by atoms with van der Waals surface area (Å²) < 4.78 is 0.612. The van der Waals surface area contributed by atoms with Crippen LogP contribution in [0, 0.1) is 10.5 Å². The molecule has 0 atom stereocenters. The zero-order chi connectivity index (χ0) is 10.1. The highest BCUT2D eigenvalue weighted by atomic mass is 127. The molecule has 2 heterocycles. The molecule has 0 aliphatic rings. The topological polar surface area (TPSA) is 45.8 Å². The summed E-state index contributed by atoms with van der Waals surface area (Å²) in [4.78, 5) is 19.3. The van der Waals surface area contributed by atoms with E-state index < -0.39 is 0 Å². The fourth-order valence-electron chi connectivity index (χ4n) is 1.11. The fraction of sp³-hybridized carbons (Fsp3) is 0.111. The second-order valence-electron chi connectivity index (χ2n) is 2.84. The maximum atomic E-state index is 11.3. The Morgan fingerprint density at radius 3 is 2.93 bits per heavy atom. The van der Waals surface area contributed by atoms with Crippen molar-refractivity contribution in [3.8, 4) is 10.7 Å². The van der Waals surface area contributed by atoms with Gasteiger partial charge in [-0.05, 0) is 46.5 Å². The average molecular weight is 318 g/mol. The van der Waals surface area contributed by atoms with Crippen LogP contribution in [0.5, 0.6) is 0 Å². The molecule has 0 fully saturated rings. The quantitative estimate of drug-likeness (QED) is 0.821. The molecule has 0 radical (unpaired) electrons. The van der Waals surface area contributed by atoms with Crippen molar-refractivity contribution in [3.63, 3.8) is 0 Å². The van der Waals surface area contributed by atoms with E-state index in [0.717, 1.165) is 10.4 Å². The number of nitrogens with zero attached hydrogens (tertiary/aromatic N) is 1. The Bertz CT molecular complexity index is 518. The summed E-state index contributed by atoms with van der Waals surface area (Å²) in [6.07, 6.45) is 1.59. The molecule has 2 aromatic heterocycles. The van der Waals surface area contributed by atoms with Crippen molar-refractivity contribution in [2.24, 2.45) is 0 Å². The Balaban J connectivity index is 2.59. The number of aromatic nitrogens is 2. The molecule has 0 unspecified atom stereocenters. The van der Waals surface area contributed by atoms with Gasteiger partial charge in [0.05, 0.1) is 8.45 Å². The molecule has 0 amide bonds. The van der Waals surface area contributed by atoms with E-state index in [9.17, 15) is 4.79 Å². The first-order chi connectivity index (χ1) is 6.68. The van der Waals surface area contributed by atoms with Gasteiger partial charge < -0.3 is 4.98 Å². The summed E-state index contributed by atoms with van der Waals surface area (Å²) in [6.45, 7) is 2.00. The maximum Gasteiger partial charge on any atom is 0.264 e. The van der Waals surface area contributed by atoms with Gasteiger partial charge in [-0.2, -0.15) is 0 Å². The lowest BCUT2D eigenvalue weighted by Gasteiger charge is -1.98. The lowest BCUT2D eigenvalue weighted by atomic mass is 10.3. The van der Waals surface area contributed by atoms with Gasteiger partial charge in [0.25, 0.3) is 5.56 Å². The van der Waals surface area contributed by atoms with E-state index >= 15 is 0 Å². The third-order valence-electron chi connectivity index (χ3n) is 1.83. The van der Waals surface area contributed by atoms with Gasteiger partial charge in [0.15, 0.2) is 0 Å². The lowest BCUT2D eigenvalue weighted by Crippen LogP contribution is -2.11. The number of thiophene rings is 1. The van der Waals surface area contributed by atoms with Crippen LogP contribution in [0.3, 0.4) is 0 Å². The predicted octanol–water partition coefficient (Wildman–Crippen LogP) is 2.41. The van der Waals surface area contributed by atoms with Crippen LogP contribution in [-0.4, -0.2) is 9.97 Å². The van der Waals surface area contributed by atoms with Gasteiger partial charge in [-0.15, -0.1) is 11.3 Å². The Morgan fingerprint density at radius 2 is 2.36 bits per heavy atom. The second-order valence-corrected chi connectivity index (χ2v) is 4.92. The zero-order valence-electron chi connectivity index (χ0n) is 7.37. The summed E-state index contributed by atoms with van der Waals surface area (Å²) in [5, 5.41) is 1.99. The molecule has 2 rings (SSSR count). The number of nitrogens with one attached hydrogen (secondary N) is 1. The molecule has 72 valence electrons. The van der Waals surface area contributed by atoms with E-state index in [2.05, 4.69) is 9.97 Å². The second kappa shape index (κ2) is 3.82. The Labute approximate surface area is 98.4 Å². The van der Waals surface area contributed by atoms with Crippen LogP contribution in [0.1, 0.15) is 5.56 Å². The molecule has 0 aliphatic heterocycles. The number of aryl methyl sites for hydroxylation is 1. The van der Waals surface area contributed by atoms with E-state index in [1.54, 1.807) is 17.5 Å². The number of aromatic amines is 1. The van der Waals surface area contributed by atoms with Crippen LogP contribution in [-0.2, 0) is 0 Å². The molecule has 0 aromatic carbocycles. The number of hydrogen-bond donors (Lipinski definition) is 1. The van der Waals surface area contributed by atoms with E-state index in [0.29, 0.717) is 9.39 Å². The monoisotopic (exact) mass is 318 g/mol. The molecule has 14 heavy (non-hydrogen) atoms. The number of rotatable bonds is 1. The Morgan fingerprint density at radius 1 is 1.57 bits per heavy atom. The van der Waals surface area contributed by atoms with Gasteiger partial charge in [0, 0.05) is 6.20 Å². The maximum absolute atomic E-state index is 11.3. The van der Waals surface area contributed by atoms with Crippen molar-refractivity contribution >= 4 is 33.9 Å². The third-order valence-corrected chi connectivity index (χ3v) is 3.62. The molecule has 0 aliphatic carbocycles. The average Bonchev–Trinajstić information content (AvgIpc) is 2.57. The Kier molecular flexibility index (Phi) is 2.69. The van der Waals surface area contributed by atoms with Crippen molar-refractivity contribution in [1.29, 1.82) is 0 Å². The van der Waals surface area contributed by atoms with E-state index in [1.807, 2.05) is 41.0 Å². The number of H-pyrrole nitrogens is 1. The fourth-order valence-corrected chi connectivity index (χ4v) is 2.26. The van der Waals surface area contributed by atoms with Gasteiger partial charge in [0.1, 0.15) is 5.82 Å². The molecule has 0 bridgehead atoms. The summed E-state index contributed by atoms with van der Waals surface area (Å²) in [5.41, 5.74) is 1.06. The highest BCUT2D eigenvalue weighted by Gasteiger charge is 2.06. The largest absolute Gasteiger partial charge is 0.305 e. The normalized spacial score (nSPS) is 10.4. The highest BCUT2D eigenvalue weighted by Crippen LogP contribution is 2.24. The minimum Gasteiger partial charge on any atom is -0.305 e. The first-order valence-electron chi connectivity index (χ1n) is 3.98. The van der Waals surface area contributed by atoms with Crippen molar-refractivity contribution in [2.75, 3.05) is 0 Å². The van der Waals surface area contributed by atoms with Gasteiger partial charge >= 0.3 is 0 Å². The highest BCUT2D eigenvalue weighted by molar-refractivity contribution is 14.1. The molecule has 2 aromatic rings. The molecule has 3 nitrogen and oxygen atoms in total. The minimum absolute atomic E-state index is 0.0802. The van der Waals surface area contributed by atoms with Crippen LogP contribution in [0.4, 0.5) is 0 Å². The molecule has 0 saturated heterocycles. The first-order valence-corrected chi connectivity index (χ1v) is 5.93. The lowest BCUT2D eigenvalue weighted by molar-refractivity contribution is 1.11. The molecule has 1 N–H and O–H groups in total. The molecular formula is C9H7IN2OS. The van der Waals surface area contributed by atoms with E-state index in [-0.39, 0.29) is 5.56 Å².